The molecule has 0 rings (SSSR count). The molecule has 0 aliphatic carbocycles. The zero-order valence-corrected chi connectivity index (χ0v) is 8.16. The standard InChI is InChI=1S/C9H15NO3/c1-7(2)6-13-9(12)5-4-8(11)10-3/h4-5,7H,6H2,1-3H3,(H,10,11)/b5-4-. The largest absolute Gasteiger partial charge is 0.462 e. The summed E-state index contributed by atoms with van der Waals surface area (Å²) in [4.78, 5) is 21.5. The molecule has 13 heavy (non-hydrogen) atoms. The van der Waals surface area contributed by atoms with Gasteiger partial charge < -0.3 is 10.1 Å². The van der Waals surface area contributed by atoms with E-state index in [1.54, 1.807) is 0 Å². The molecule has 1 N–H and O–H groups in total. The van der Waals surface area contributed by atoms with E-state index in [1.165, 1.54) is 7.05 Å². The Balaban J connectivity index is 3.74. The summed E-state index contributed by atoms with van der Waals surface area (Å²) in [7, 11) is 1.49. The van der Waals surface area contributed by atoms with Crippen LogP contribution in [0, 0.1) is 5.92 Å². The van der Waals surface area contributed by atoms with Gasteiger partial charge in [0.2, 0.25) is 5.91 Å². The van der Waals surface area contributed by atoms with Crippen molar-refractivity contribution in [1.82, 2.24) is 5.32 Å². The zero-order chi connectivity index (χ0) is 10.3. The quantitative estimate of drug-likeness (QED) is 0.512. The van der Waals surface area contributed by atoms with E-state index in [4.69, 9.17) is 4.74 Å². The zero-order valence-electron chi connectivity index (χ0n) is 8.16. The van der Waals surface area contributed by atoms with Crippen LogP contribution in [0.2, 0.25) is 0 Å². The van der Waals surface area contributed by atoms with Gasteiger partial charge in [0, 0.05) is 19.2 Å². The number of carbonyl (C=O) groups is 2. The number of rotatable bonds is 4. The Morgan fingerprint density at radius 3 is 2.46 bits per heavy atom. The summed E-state index contributed by atoms with van der Waals surface area (Å²) in [6.07, 6.45) is 2.25. The SMILES string of the molecule is CNC(=O)/C=C\C(=O)OCC(C)C. The van der Waals surface area contributed by atoms with Gasteiger partial charge in [0.15, 0.2) is 0 Å². The van der Waals surface area contributed by atoms with Crippen molar-refractivity contribution >= 4 is 11.9 Å². The number of ether oxygens (including phenoxy) is 1. The van der Waals surface area contributed by atoms with E-state index in [2.05, 4.69) is 5.32 Å². The second-order valence-corrected chi connectivity index (χ2v) is 2.97. The highest BCUT2D eigenvalue weighted by Crippen LogP contribution is 1.93. The van der Waals surface area contributed by atoms with Crippen molar-refractivity contribution in [2.24, 2.45) is 5.92 Å². The van der Waals surface area contributed by atoms with E-state index in [1.807, 2.05) is 13.8 Å². The molecule has 1 amide bonds. The number of nitrogens with one attached hydrogen (secondary N) is 1. The fourth-order valence-corrected chi connectivity index (χ4v) is 0.524. The maximum absolute atomic E-state index is 10.9. The smallest absolute Gasteiger partial charge is 0.330 e. The number of carbonyl (C=O) groups excluding carboxylic acids is 2. The second-order valence-electron chi connectivity index (χ2n) is 2.97. The minimum Gasteiger partial charge on any atom is -0.462 e. The molecular weight excluding hydrogens is 170 g/mol. The lowest BCUT2D eigenvalue weighted by Gasteiger charge is -2.03. The molecule has 0 aliphatic rings. The Bertz CT molecular complexity index is 209. The minimum atomic E-state index is -0.489. The lowest BCUT2D eigenvalue weighted by molar-refractivity contribution is -0.139. The molecule has 74 valence electrons. The molecule has 0 saturated carbocycles. The molecule has 0 heterocycles. The van der Waals surface area contributed by atoms with Crippen LogP contribution in [0.3, 0.4) is 0 Å². The minimum absolute atomic E-state index is 0.303. The van der Waals surface area contributed by atoms with Crippen LogP contribution < -0.4 is 5.32 Å². The number of esters is 1. The number of likely N-dealkylation sites (N-methyl/N-ethyl adjacent to an activating group) is 1. The second kappa shape index (κ2) is 6.22. The van der Waals surface area contributed by atoms with Gasteiger partial charge >= 0.3 is 5.97 Å². The summed E-state index contributed by atoms with van der Waals surface area (Å²) >= 11 is 0. The maximum atomic E-state index is 10.9. The van der Waals surface area contributed by atoms with Gasteiger partial charge in [0.1, 0.15) is 0 Å². The van der Waals surface area contributed by atoms with Gasteiger partial charge in [-0.3, -0.25) is 4.79 Å². The van der Waals surface area contributed by atoms with E-state index < -0.39 is 5.97 Å². The van der Waals surface area contributed by atoms with E-state index in [0.29, 0.717) is 12.5 Å². The fraction of sp³-hybridized carbons (Fsp3) is 0.556. The summed E-state index contributed by atoms with van der Waals surface area (Å²) in [5.74, 6) is -0.504. The summed E-state index contributed by atoms with van der Waals surface area (Å²) in [6, 6.07) is 0. The van der Waals surface area contributed by atoms with Crippen molar-refractivity contribution in [1.29, 1.82) is 0 Å². The topological polar surface area (TPSA) is 55.4 Å². The Labute approximate surface area is 78.0 Å². The molecular formula is C9H15NO3. The van der Waals surface area contributed by atoms with Crippen molar-refractivity contribution in [3.05, 3.63) is 12.2 Å². The summed E-state index contributed by atoms with van der Waals surface area (Å²) in [5, 5.41) is 2.35. The maximum Gasteiger partial charge on any atom is 0.330 e. The van der Waals surface area contributed by atoms with E-state index in [9.17, 15) is 9.59 Å². The van der Waals surface area contributed by atoms with Crippen molar-refractivity contribution in [2.75, 3.05) is 13.7 Å². The molecule has 4 heteroatoms. The summed E-state index contributed by atoms with van der Waals surface area (Å²) in [6.45, 7) is 4.25. The van der Waals surface area contributed by atoms with Gasteiger partial charge in [-0.05, 0) is 5.92 Å². The van der Waals surface area contributed by atoms with Gasteiger partial charge in [-0.25, -0.2) is 4.79 Å². The molecule has 0 aromatic heterocycles. The molecule has 0 unspecified atom stereocenters. The van der Waals surface area contributed by atoms with Crippen molar-refractivity contribution in [2.45, 2.75) is 13.8 Å². The molecule has 0 aromatic carbocycles. The highest BCUT2D eigenvalue weighted by molar-refractivity contribution is 5.94. The van der Waals surface area contributed by atoms with Crippen LogP contribution in [0.4, 0.5) is 0 Å². The van der Waals surface area contributed by atoms with Crippen LogP contribution in [0.1, 0.15) is 13.8 Å². The van der Waals surface area contributed by atoms with E-state index in [0.717, 1.165) is 12.2 Å². The van der Waals surface area contributed by atoms with Crippen LogP contribution in [0.5, 0.6) is 0 Å². The highest BCUT2D eigenvalue weighted by atomic mass is 16.5. The number of amides is 1. The van der Waals surface area contributed by atoms with Gasteiger partial charge in [0.05, 0.1) is 6.61 Å². The normalized spacial score (nSPS) is 10.5. The predicted molar refractivity (Wildman–Crippen MR) is 49.0 cm³/mol. The third kappa shape index (κ3) is 7.05. The first-order chi connectivity index (χ1) is 6.06. The van der Waals surface area contributed by atoms with Crippen LogP contribution in [-0.4, -0.2) is 25.5 Å². The van der Waals surface area contributed by atoms with Crippen molar-refractivity contribution < 1.29 is 14.3 Å². The van der Waals surface area contributed by atoms with Gasteiger partial charge in [-0.2, -0.15) is 0 Å². The predicted octanol–water partition coefficient (Wildman–Crippen LogP) is 0.488. The average molecular weight is 185 g/mol. The van der Waals surface area contributed by atoms with E-state index in [-0.39, 0.29) is 5.91 Å². The molecule has 0 spiro atoms. The lowest BCUT2D eigenvalue weighted by Crippen LogP contribution is -2.15. The Hall–Kier alpha value is -1.32. The third-order valence-corrected chi connectivity index (χ3v) is 1.18. The van der Waals surface area contributed by atoms with Crippen molar-refractivity contribution in [3.63, 3.8) is 0 Å². The summed E-state index contributed by atoms with van der Waals surface area (Å²) in [5.41, 5.74) is 0. The highest BCUT2D eigenvalue weighted by Gasteiger charge is 1.99. The average Bonchev–Trinajstić information content (AvgIpc) is 2.10. The third-order valence-electron chi connectivity index (χ3n) is 1.18. The molecule has 0 bridgehead atoms. The lowest BCUT2D eigenvalue weighted by atomic mass is 10.2. The molecule has 0 radical (unpaired) electrons. The van der Waals surface area contributed by atoms with Gasteiger partial charge in [0.25, 0.3) is 0 Å². The molecule has 0 aliphatic heterocycles. The fourth-order valence-electron chi connectivity index (χ4n) is 0.524. The Kier molecular flexibility index (Phi) is 5.59. The molecule has 0 saturated heterocycles. The van der Waals surface area contributed by atoms with Gasteiger partial charge in [-0.15, -0.1) is 0 Å². The van der Waals surface area contributed by atoms with Crippen LogP contribution in [-0.2, 0) is 14.3 Å². The Morgan fingerprint density at radius 1 is 1.38 bits per heavy atom. The molecule has 0 aromatic rings. The molecule has 0 fully saturated rings. The first-order valence-electron chi connectivity index (χ1n) is 4.12. The van der Waals surface area contributed by atoms with Crippen LogP contribution in [0.25, 0.3) is 0 Å². The number of hydrogen-bond acceptors (Lipinski definition) is 3. The van der Waals surface area contributed by atoms with E-state index >= 15 is 0 Å². The van der Waals surface area contributed by atoms with Crippen molar-refractivity contribution in [3.8, 4) is 0 Å². The first-order valence-corrected chi connectivity index (χ1v) is 4.12. The Morgan fingerprint density at radius 2 is 2.00 bits per heavy atom. The molecule has 0 atom stereocenters. The molecule has 4 nitrogen and oxygen atoms in total. The van der Waals surface area contributed by atoms with Gasteiger partial charge in [-0.1, -0.05) is 13.8 Å². The monoisotopic (exact) mass is 185 g/mol. The first kappa shape index (κ1) is 11.7. The van der Waals surface area contributed by atoms with Crippen LogP contribution >= 0.6 is 0 Å². The summed E-state index contributed by atoms with van der Waals surface area (Å²) < 4.78 is 4.79. The van der Waals surface area contributed by atoms with Crippen LogP contribution in [0.15, 0.2) is 12.2 Å². The number of hydrogen-bond donors (Lipinski definition) is 1.